The molecule has 0 bridgehead atoms. The highest BCUT2D eigenvalue weighted by Gasteiger charge is 2.22. The Balaban J connectivity index is 4.07. The maximum absolute atomic E-state index is 12.8. The van der Waals surface area contributed by atoms with Crippen LogP contribution < -0.4 is 4.89 Å². The Kier molecular flexibility index (Phi) is 61.2. The van der Waals surface area contributed by atoms with Crippen LogP contribution in [-0.4, -0.2) is 70.0 Å². The lowest BCUT2D eigenvalue weighted by molar-refractivity contribution is -0.870. The first-order valence-corrected chi connectivity index (χ1v) is 35.7. The highest BCUT2D eigenvalue weighted by molar-refractivity contribution is 7.45. The molecule has 0 aromatic carbocycles. The number of hydrogen-bond acceptors (Lipinski definition) is 8. The lowest BCUT2D eigenvalue weighted by Gasteiger charge is -2.28. The molecule has 0 fully saturated rings. The van der Waals surface area contributed by atoms with E-state index < -0.39 is 26.5 Å². The zero-order valence-corrected chi connectivity index (χ0v) is 55.7. The Morgan fingerprint density at radius 2 is 0.679 bits per heavy atom. The van der Waals surface area contributed by atoms with Crippen LogP contribution >= 0.6 is 7.82 Å². The van der Waals surface area contributed by atoms with Gasteiger partial charge in [-0.25, -0.2) is 0 Å². The van der Waals surface area contributed by atoms with Crippen molar-refractivity contribution >= 4 is 19.8 Å². The first kappa shape index (κ1) is 80.4. The molecule has 0 N–H and O–H groups in total. The second kappa shape index (κ2) is 63.9. The van der Waals surface area contributed by atoms with Crippen LogP contribution in [0.15, 0.2) is 122 Å². The maximum atomic E-state index is 12.8. The molecule has 0 amide bonds. The number of phosphoric acid groups is 1. The molecule has 9 nitrogen and oxygen atoms in total. The molecule has 0 saturated carbocycles. The second-order valence-electron chi connectivity index (χ2n) is 23.8. The smallest absolute Gasteiger partial charge is 0.306 e. The molecule has 0 aliphatic heterocycles. The van der Waals surface area contributed by atoms with Crippen molar-refractivity contribution in [3.8, 4) is 0 Å². The van der Waals surface area contributed by atoms with Crippen LogP contribution in [0.2, 0.25) is 0 Å². The third-order valence-electron chi connectivity index (χ3n) is 14.5. The van der Waals surface area contributed by atoms with Gasteiger partial charge in [0.05, 0.1) is 27.7 Å². The quantitative estimate of drug-likeness (QED) is 0.0195. The summed E-state index contributed by atoms with van der Waals surface area (Å²) in [5.41, 5.74) is 0. The van der Waals surface area contributed by atoms with Crippen molar-refractivity contribution in [3.63, 3.8) is 0 Å². The molecular formula is C74H128NO8P. The summed E-state index contributed by atoms with van der Waals surface area (Å²) < 4.78 is 34.3. The molecule has 2 unspecified atom stereocenters. The molecule has 0 aliphatic carbocycles. The van der Waals surface area contributed by atoms with Gasteiger partial charge in [0.2, 0.25) is 0 Å². The molecule has 0 radical (unpaired) electrons. The van der Waals surface area contributed by atoms with E-state index in [1.54, 1.807) is 0 Å². The third-order valence-corrected chi connectivity index (χ3v) is 15.5. The standard InChI is InChI=1S/C74H128NO8P/c1-6-8-10-12-14-16-18-20-22-24-26-27-28-29-30-31-32-33-34-35-36-37-38-39-40-41-42-43-44-45-46-47-49-51-53-55-57-59-61-63-65-67-74(77)83-72(71-82-84(78,79)81-69-68-75(3,4)5)70-80-73(76)66-64-62-60-58-56-54-52-50-48-25-23-21-19-17-15-13-11-9-7-2/h8,10,14,16,20,22,26-27,29-30,32-33,35-36,38-39,41-42,44-45,72H,6-7,9,11-13,15,17-19,21,23-25,28,31,34,37,40,43,46-71H2,1-5H3/b10-8-,16-14-,22-20-,27-26-,30-29-,33-32-,36-35-,39-38-,42-41-,45-44-. The predicted molar refractivity (Wildman–Crippen MR) is 360 cm³/mol. The van der Waals surface area contributed by atoms with Gasteiger partial charge in [-0.3, -0.25) is 14.2 Å². The van der Waals surface area contributed by atoms with Crippen LogP contribution in [0.4, 0.5) is 0 Å². The van der Waals surface area contributed by atoms with Crippen molar-refractivity contribution in [2.24, 2.45) is 0 Å². The van der Waals surface area contributed by atoms with Crippen LogP contribution in [0.5, 0.6) is 0 Å². The van der Waals surface area contributed by atoms with Gasteiger partial charge in [0.1, 0.15) is 19.8 Å². The molecule has 0 aliphatic rings. The lowest BCUT2D eigenvalue weighted by Crippen LogP contribution is -2.37. The summed E-state index contributed by atoms with van der Waals surface area (Å²) in [6.07, 6.45) is 91.3. The Hall–Kier alpha value is -3.59. The van der Waals surface area contributed by atoms with Crippen LogP contribution in [0.25, 0.3) is 0 Å². The first-order chi connectivity index (χ1) is 41.0. The van der Waals surface area contributed by atoms with Gasteiger partial charge in [-0.15, -0.1) is 0 Å². The highest BCUT2D eigenvalue weighted by Crippen LogP contribution is 2.38. The molecule has 0 saturated heterocycles. The fraction of sp³-hybridized carbons (Fsp3) is 0.703. The van der Waals surface area contributed by atoms with E-state index in [1.165, 1.54) is 141 Å². The van der Waals surface area contributed by atoms with Crippen LogP contribution in [0, 0.1) is 0 Å². The van der Waals surface area contributed by atoms with Crippen molar-refractivity contribution in [2.75, 3.05) is 47.5 Å². The Labute approximate surface area is 518 Å². The molecule has 84 heavy (non-hydrogen) atoms. The number of esters is 2. The molecule has 2 atom stereocenters. The van der Waals surface area contributed by atoms with Gasteiger partial charge in [0.15, 0.2) is 6.10 Å². The minimum atomic E-state index is -4.65. The van der Waals surface area contributed by atoms with Gasteiger partial charge < -0.3 is 27.9 Å². The SMILES string of the molecule is CC/C=C\C/C=C\C/C=C\C/C=C\C/C=C\C/C=C\C/C=C\C/C=C\C/C=C\C/C=C\CCCCCCCCCCCCC(=O)OC(COC(=O)CCCCCCCCCCCCCCCCCCCCC)COP(=O)([O-])OCC[N+](C)(C)C. The van der Waals surface area contributed by atoms with Crippen molar-refractivity contribution < 1.29 is 42.1 Å². The van der Waals surface area contributed by atoms with Crippen molar-refractivity contribution in [1.29, 1.82) is 0 Å². The van der Waals surface area contributed by atoms with E-state index in [2.05, 4.69) is 135 Å². The van der Waals surface area contributed by atoms with Gasteiger partial charge in [-0.2, -0.15) is 0 Å². The van der Waals surface area contributed by atoms with Crippen LogP contribution in [-0.2, 0) is 32.7 Å². The number of carbonyl (C=O) groups excluding carboxylic acids is 2. The van der Waals surface area contributed by atoms with Crippen LogP contribution in [0.3, 0.4) is 0 Å². The number of carbonyl (C=O) groups is 2. The fourth-order valence-electron chi connectivity index (χ4n) is 9.27. The van der Waals surface area contributed by atoms with E-state index in [0.717, 1.165) is 109 Å². The Morgan fingerprint density at radius 1 is 0.381 bits per heavy atom. The lowest BCUT2D eigenvalue weighted by atomic mass is 10.0. The largest absolute Gasteiger partial charge is 0.756 e. The summed E-state index contributed by atoms with van der Waals surface area (Å²) in [5, 5.41) is 0. The summed E-state index contributed by atoms with van der Waals surface area (Å²) in [6.45, 7) is 4.14. The highest BCUT2D eigenvalue weighted by atomic mass is 31.2. The fourth-order valence-corrected chi connectivity index (χ4v) is 10.0. The van der Waals surface area contributed by atoms with E-state index in [0.29, 0.717) is 17.4 Å². The summed E-state index contributed by atoms with van der Waals surface area (Å²) in [4.78, 5) is 38.0. The van der Waals surface area contributed by atoms with E-state index in [9.17, 15) is 19.0 Å². The molecular weight excluding hydrogens is 1060 g/mol. The van der Waals surface area contributed by atoms with Crippen molar-refractivity contribution in [1.82, 2.24) is 0 Å². The number of likely N-dealkylation sites (N-methyl/N-ethyl adjacent to an activating group) is 1. The average molecular weight is 1190 g/mol. The number of allylic oxidation sites excluding steroid dienone is 20. The molecule has 0 heterocycles. The van der Waals surface area contributed by atoms with E-state index >= 15 is 0 Å². The normalized spacial score (nSPS) is 13.9. The maximum Gasteiger partial charge on any atom is 0.306 e. The predicted octanol–water partition coefficient (Wildman–Crippen LogP) is 21.6. The number of quaternary nitrogens is 1. The summed E-state index contributed by atoms with van der Waals surface area (Å²) in [5.74, 6) is -0.833. The van der Waals surface area contributed by atoms with Gasteiger partial charge in [0.25, 0.3) is 7.82 Å². The van der Waals surface area contributed by atoms with Gasteiger partial charge in [-0.1, -0.05) is 302 Å². The number of ether oxygens (including phenoxy) is 2. The first-order valence-electron chi connectivity index (χ1n) is 34.2. The number of nitrogens with zero attached hydrogens (tertiary/aromatic N) is 1. The Morgan fingerprint density at radius 3 is 1.01 bits per heavy atom. The minimum Gasteiger partial charge on any atom is -0.756 e. The van der Waals surface area contributed by atoms with Crippen molar-refractivity contribution in [3.05, 3.63) is 122 Å². The monoisotopic (exact) mass is 1190 g/mol. The number of rotatable bonds is 62. The number of hydrogen-bond donors (Lipinski definition) is 0. The molecule has 0 spiro atoms. The molecule has 0 aromatic heterocycles. The summed E-state index contributed by atoms with van der Waals surface area (Å²) >= 11 is 0. The molecule has 10 heteroatoms. The number of unbranched alkanes of at least 4 members (excludes halogenated alkanes) is 28. The minimum absolute atomic E-state index is 0.0348. The summed E-state index contributed by atoms with van der Waals surface area (Å²) in [7, 11) is 1.16. The topological polar surface area (TPSA) is 111 Å². The van der Waals surface area contributed by atoms with Gasteiger partial charge in [0, 0.05) is 12.8 Å². The van der Waals surface area contributed by atoms with Crippen molar-refractivity contribution in [2.45, 2.75) is 290 Å². The second-order valence-corrected chi connectivity index (χ2v) is 25.2. The molecule has 0 aromatic rings. The third kappa shape index (κ3) is 67.5. The summed E-state index contributed by atoms with van der Waals surface area (Å²) in [6, 6.07) is 0. The average Bonchev–Trinajstić information content (AvgIpc) is 3.61. The zero-order chi connectivity index (χ0) is 61.2. The Bertz CT molecular complexity index is 1830. The molecule has 0 rings (SSSR count). The van der Waals surface area contributed by atoms with E-state index in [4.69, 9.17) is 18.5 Å². The van der Waals surface area contributed by atoms with Crippen LogP contribution in [0.1, 0.15) is 284 Å². The number of phosphoric ester groups is 1. The molecule has 482 valence electrons. The van der Waals surface area contributed by atoms with Gasteiger partial charge in [-0.05, 0) is 89.9 Å². The zero-order valence-electron chi connectivity index (χ0n) is 54.8. The van der Waals surface area contributed by atoms with E-state index in [1.807, 2.05) is 21.1 Å². The van der Waals surface area contributed by atoms with Gasteiger partial charge >= 0.3 is 11.9 Å². The van der Waals surface area contributed by atoms with E-state index in [-0.39, 0.29) is 32.0 Å².